The Labute approximate surface area is 118 Å². The van der Waals surface area contributed by atoms with Gasteiger partial charge >= 0.3 is 12.0 Å². The van der Waals surface area contributed by atoms with Crippen molar-refractivity contribution in [2.75, 3.05) is 7.05 Å². The second kappa shape index (κ2) is 6.36. The van der Waals surface area contributed by atoms with E-state index in [4.69, 9.17) is 0 Å². The fourth-order valence-corrected chi connectivity index (χ4v) is 1.69. The molecule has 0 aromatic carbocycles. The third-order valence-electron chi connectivity index (χ3n) is 2.85. The molecule has 0 aliphatic rings. The van der Waals surface area contributed by atoms with E-state index in [9.17, 15) is 14.7 Å². The van der Waals surface area contributed by atoms with E-state index in [0.717, 1.165) is 5.69 Å². The van der Waals surface area contributed by atoms with Gasteiger partial charge in [-0.25, -0.2) is 9.59 Å². The minimum Gasteiger partial charge on any atom is -0.480 e. The molecule has 0 bridgehead atoms. The monoisotopic (exact) mass is 279 g/mol. The summed E-state index contributed by atoms with van der Waals surface area (Å²) < 4.78 is 0. The van der Waals surface area contributed by atoms with Gasteiger partial charge < -0.3 is 15.3 Å². The van der Waals surface area contributed by atoms with Crippen LogP contribution >= 0.6 is 0 Å². The van der Waals surface area contributed by atoms with Crippen molar-refractivity contribution in [2.45, 2.75) is 33.4 Å². The van der Waals surface area contributed by atoms with Crippen LogP contribution in [0.2, 0.25) is 0 Å². The van der Waals surface area contributed by atoms with E-state index >= 15 is 0 Å². The van der Waals surface area contributed by atoms with E-state index in [0.29, 0.717) is 6.54 Å². The van der Waals surface area contributed by atoms with Crippen molar-refractivity contribution in [2.24, 2.45) is 5.41 Å². The maximum absolute atomic E-state index is 12.0. The van der Waals surface area contributed by atoms with Crippen LogP contribution in [-0.2, 0) is 11.3 Å². The molecule has 0 saturated heterocycles. The number of urea groups is 1. The summed E-state index contributed by atoms with van der Waals surface area (Å²) in [6.07, 6.45) is 1.65. The zero-order valence-electron chi connectivity index (χ0n) is 12.3. The molecular weight excluding hydrogens is 258 g/mol. The van der Waals surface area contributed by atoms with Gasteiger partial charge in [-0.3, -0.25) is 4.98 Å². The molecule has 1 rings (SSSR count). The SMILES string of the molecule is CN(Cc1ccccn1)C(=O)N[C@@H](C(=O)O)C(C)(C)C. The Morgan fingerprint density at radius 2 is 2.05 bits per heavy atom. The number of pyridine rings is 1. The molecule has 2 N–H and O–H groups in total. The zero-order valence-corrected chi connectivity index (χ0v) is 12.3. The van der Waals surface area contributed by atoms with Crippen LogP contribution in [-0.4, -0.2) is 40.1 Å². The van der Waals surface area contributed by atoms with Gasteiger partial charge in [-0.05, 0) is 17.5 Å². The van der Waals surface area contributed by atoms with E-state index in [1.807, 2.05) is 12.1 Å². The number of carbonyl (C=O) groups is 2. The summed E-state index contributed by atoms with van der Waals surface area (Å²) >= 11 is 0. The smallest absolute Gasteiger partial charge is 0.326 e. The summed E-state index contributed by atoms with van der Waals surface area (Å²) in [5.74, 6) is -1.04. The van der Waals surface area contributed by atoms with Gasteiger partial charge in [-0.1, -0.05) is 26.8 Å². The predicted octanol–water partition coefficient (Wildman–Crippen LogP) is 1.72. The topological polar surface area (TPSA) is 82.5 Å². The second-order valence-electron chi connectivity index (χ2n) is 5.76. The number of aromatic nitrogens is 1. The number of amides is 2. The lowest BCUT2D eigenvalue weighted by Crippen LogP contribution is -2.52. The first-order valence-corrected chi connectivity index (χ1v) is 6.36. The summed E-state index contributed by atoms with van der Waals surface area (Å²) in [5, 5.41) is 11.7. The van der Waals surface area contributed by atoms with Crippen molar-refractivity contribution < 1.29 is 14.7 Å². The Morgan fingerprint density at radius 3 is 2.50 bits per heavy atom. The number of hydrogen-bond donors (Lipinski definition) is 2. The Hall–Kier alpha value is -2.11. The number of nitrogens with zero attached hydrogens (tertiary/aromatic N) is 2. The van der Waals surface area contributed by atoms with Crippen LogP contribution in [0.5, 0.6) is 0 Å². The fourth-order valence-electron chi connectivity index (χ4n) is 1.69. The van der Waals surface area contributed by atoms with E-state index < -0.39 is 23.5 Å². The van der Waals surface area contributed by atoms with E-state index in [1.54, 1.807) is 40.1 Å². The third kappa shape index (κ3) is 4.53. The minimum atomic E-state index is -1.04. The highest BCUT2D eigenvalue weighted by Gasteiger charge is 2.33. The summed E-state index contributed by atoms with van der Waals surface area (Å²) in [7, 11) is 1.60. The van der Waals surface area contributed by atoms with Gasteiger partial charge in [0, 0.05) is 13.2 Å². The number of hydrogen-bond acceptors (Lipinski definition) is 3. The van der Waals surface area contributed by atoms with Crippen LogP contribution in [0.1, 0.15) is 26.5 Å². The van der Waals surface area contributed by atoms with Gasteiger partial charge in [0.15, 0.2) is 0 Å². The number of rotatable bonds is 4. The molecule has 0 aliphatic heterocycles. The molecule has 1 aromatic rings. The average Bonchev–Trinajstić information content (AvgIpc) is 2.34. The largest absolute Gasteiger partial charge is 0.480 e. The standard InChI is InChI=1S/C14H21N3O3/c1-14(2,3)11(12(18)19)16-13(20)17(4)9-10-7-5-6-8-15-10/h5-8,11H,9H2,1-4H3,(H,16,20)(H,18,19)/t11-/m0/s1. The molecule has 0 fully saturated rings. The van der Waals surface area contributed by atoms with Crippen LogP contribution < -0.4 is 5.32 Å². The third-order valence-corrected chi connectivity index (χ3v) is 2.85. The maximum atomic E-state index is 12.0. The van der Waals surface area contributed by atoms with Crippen LogP contribution in [0.4, 0.5) is 4.79 Å². The highest BCUT2D eigenvalue weighted by atomic mass is 16.4. The molecule has 0 unspecified atom stereocenters. The lowest BCUT2D eigenvalue weighted by atomic mass is 9.87. The van der Waals surface area contributed by atoms with Gasteiger partial charge in [0.2, 0.25) is 0 Å². The van der Waals surface area contributed by atoms with Gasteiger partial charge in [0.25, 0.3) is 0 Å². The highest BCUT2D eigenvalue weighted by molar-refractivity contribution is 5.83. The summed E-state index contributed by atoms with van der Waals surface area (Å²) in [6.45, 7) is 5.63. The second-order valence-corrected chi connectivity index (χ2v) is 5.76. The quantitative estimate of drug-likeness (QED) is 0.879. The minimum absolute atomic E-state index is 0.323. The van der Waals surface area contributed by atoms with Crippen LogP contribution in [0.15, 0.2) is 24.4 Å². The predicted molar refractivity (Wildman–Crippen MR) is 75.1 cm³/mol. The van der Waals surface area contributed by atoms with Crippen LogP contribution in [0, 0.1) is 5.41 Å². The molecule has 0 spiro atoms. The van der Waals surface area contributed by atoms with Crippen molar-refractivity contribution in [1.29, 1.82) is 0 Å². The van der Waals surface area contributed by atoms with Crippen molar-refractivity contribution in [3.63, 3.8) is 0 Å². The molecule has 0 saturated carbocycles. The molecule has 1 aromatic heterocycles. The van der Waals surface area contributed by atoms with E-state index in [-0.39, 0.29) is 0 Å². The molecule has 6 nitrogen and oxygen atoms in total. The summed E-state index contributed by atoms with van der Waals surface area (Å²) in [4.78, 5) is 28.8. The first-order valence-electron chi connectivity index (χ1n) is 6.36. The van der Waals surface area contributed by atoms with E-state index in [2.05, 4.69) is 10.3 Å². The zero-order chi connectivity index (χ0) is 15.3. The number of carbonyl (C=O) groups excluding carboxylic acids is 1. The van der Waals surface area contributed by atoms with Crippen molar-refractivity contribution in [3.8, 4) is 0 Å². The highest BCUT2D eigenvalue weighted by Crippen LogP contribution is 2.19. The Morgan fingerprint density at radius 1 is 1.40 bits per heavy atom. The van der Waals surface area contributed by atoms with Gasteiger partial charge in [0.05, 0.1) is 12.2 Å². The molecule has 0 aliphatic carbocycles. The molecule has 1 heterocycles. The number of nitrogens with one attached hydrogen (secondary N) is 1. The summed E-state index contributed by atoms with van der Waals surface area (Å²) in [6, 6.07) is 4.06. The van der Waals surface area contributed by atoms with Gasteiger partial charge in [0.1, 0.15) is 6.04 Å². The maximum Gasteiger partial charge on any atom is 0.326 e. The first-order chi connectivity index (χ1) is 9.21. The van der Waals surface area contributed by atoms with Gasteiger partial charge in [-0.2, -0.15) is 0 Å². The number of carboxylic acid groups (broad SMARTS) is 1. The molecule has 20 heavy (non-hydrogen) atoms. The molecule has 110 valence electrons. The van der Waals surface area contributed by atoms with Crippen molar-refractivity contribution >= 4 is 12.0 Å². The normalized spacial score (nSPS) is 12.6. The molecule has 2 amide bonds. The fraction of sp³-hybridized carbons (Fsp3) is 0.500. The lowest BCUT2D eigenvalue weighted by molar-refractivity contribution is -0.142. The Kier molecular flexibility index (Phi) is 5.07. The number of aliphatic carboxylic acids is 1. The average molecular weight is 279 g/mol. The molecule has 0 radical (unpaired) electrons. The van der Waals surface area contributed by atoms with Crippen LogP contribution in [0.3, 0.4) is 0 Å². The number of carboxylic acids is 1. The summed E-state index contributed by atoms with van der Waals surface area (Å²) in [5.41, 5.74) is 0.181. The van der Waals surface area contributed by atoms with Crippen molar-refractivity contribution in [3.05, 3.63) is 30.1 Å². The van der Waals surface area contributed by atoms with Crippen molar-refractivity contribution in [1.82, 2.24) is 15.2 Å². The molecule has 1 atom stereocenters. The first kappa shape index (κ1) is 15.9. The Balaban J connectivity index is 2.67. The van der Waals surface area contributed by atoms with E-state index in [1.165, 1.54) is 4.90 Å². The Bertz CT molecular complexity index is 468. The van der Waals surface area contributed by atoms with Gasteiger partial charge in [-0.15, -0.1) is 0 Å². The molecule has 6 heteroatoms. The lowest BCUT2D eigenvalue weighted by Gasteiger charge is -2.29. The molecular formula is C14H21N3O3. The van der Waals surface area contributed by atoms with Crippen LogP contribution in [0.25, 0.3) is 0 Å².